The van der Waals surface area contributed by atoms with Gasteiger partial charge in [0.2, 0.25) is 5.78 Å². The lowest BCUT2D eigenvalue weighted by Gasteiger charge is -2.51. The van der Waals surface area contributed by atoms with Gasteiger partial charge in [-0.1, -0.05) is 48.5 Å². The number of carbonyl (C=O) groups is 2. The average Bonchev–Trinajstić information content (AvgIpc) is 3.40. The van der Waals surface area contributed by atoms with E-state index in [1.54, 1.807) is 11.3 Å². The quantitative estimate of drug-likeness (QED) is 0.293. The van der Waals surface area contributed by atoms with Crippen molar-refractivity contribution >= 4 is 28.8 Å². The first kappa shape index (κ1) is 21.9. The number of hydrogen-bond donors (Lipinski definition) is 1. The van der Waals surface area contributed by atoms with E-state index in [0.29, 0.717) is 12.5 Å². The number of Topliss-reactive ketones (excluding diaryl/α,β-unsaturated/α-hetero) is 1. The molecule has 3 aromatic rings. The zero-order valence-electron chi connectivity index (χ0n) is 18.6. The van der Waals surface area contributed by atoms with Gasteiger partial charge in [0.15, 0.2) is 12.1 Å². The van der Waals surface area contributed by atoms with Crippen LogP contribution >= 0.6 is 11.3 Å². The predicted molar refractivity (Wildman–Crippen MR) is 130 cm³/mol. The molecule has 170 valence electrons. The maximum Gasteiger partial charge on any atom is 0.333 e. The van der Waals surface area contributed by atoms with Crippen LogP contribution in [0.5, 0.6) is 0 Å². The van der Waals surface area contributed by atoms with Crippen molar-refractivity contribution in [3.63, 3.8) is 0 Å². The second kappa shape index (κ2) is 9.49. The number of carbonyl (C=O) groups excluding carboxylic acids is 2. The summed E-state index contributed by atoms with van der Waals surface area (Å²) in [6.45, 7) is 3.18. The number of esters is 1. The van der Waals surface area contributed by atoms with Crippen LogP contribution in [0, 0.1) is 5.92 Å². The molecule has 1 N–H and O–H groups in total. The van der Waals surface area contributed by atoms with E-state index in [1.165, 1.54) is 0 Å². The molecule has 0 spiro atoms. The van der Waals surface area contributed by atoms with Crippen molar-refractivity contribution in [3.05, 3.63) is 88.6 Å². The van der Waals surface area contributed by atoms with Gasteiger partial charge < -0.3 is 14.5 Å². The van der Waals surface area contributed by atoms with Crippen LogP contribution in [-0.2, 0) is 9.53 Å². The van der Waals surface area contributed by atoms with Gasteiger partial charge in [0, 0.05) is 35.4 Å². The van der Waals surface area contributed by atoms with Crippen molar-refractivity contribution in [3.8, 4) is 0 Å². The maximum atomic E-state index is 13.4. The third kappa shape index (κ3) is 4.87. The molecule has 3 aliphatic rings. The molecule has 6 rings (SSSR count). The van der Waals surface area contributed by atoms with Crippen LogP contribution in [0.15, 0.2) is 77.5 Å². The van der Waals surface area contributed by atoms with Crippen LogP contribution < -0.4 is 5.32 Å². The van der Waals surface area contributed by atoms with E-state index in [0.717, 1.165) is 53.8 Å². The lowest BCUT2D eigenvalue weighted by atomic mass is 9.82. The fraction of sp³-hybridized carbons (Fsp3) is 0.333. The third-order valence-corrected chi connectivity index (χ3v) is 7.77. The van der Waals surface area contributed by atoms with Gasteiger partial charge in [-0.2, -0.15) is 11.3 Å². The molecule has 3 saturated heterocycles. The molecule has 6 heteroatoms. The molecule has 3 aliphatic heterocycles. The van der Waals surface area contributed by atoms with E-state index in [9.17, 15) is 9.59 Å². The predicted octanol–water partition coefficient (Wildman–Crippen LogP) is 4.94. The summed E-state index contributed by atoms with van der Waals surface area (Å²) in [5.41, 5.74) is 2.55. The van der Waals surface area contributed by atoms with E-state index >= 15 is 0 Å². The fourth-order valence-electron chi connectivity index (χ4n) is 5.24. The van der Waals surface area contributed by atoms with Gasteiger partial charge in [-0.05, 0) is 29.1 Å². The Hall–Kier alpha value is -2.96. The van der Waals surface area contributed by atoms with Crippen molar-refractivity contribution in [2.75, 3.05) is 31.5 Å². The molecule has 2 aromatic carbocycles. The monoisotopic (exact) mass is 461 g/mol. The number of anilines is 1. The number of quaternary nitrogens is 1. The molecular weight excluding hydrogens is 432 g/mol. The van der Waals surface area contributed by atoms with Crippen molar-refractivity contribution in [2.45, 2.75) is 25.0 Å². The first-order chi connectivity index (χ1) is 16.1. The highest BCUT2D eigenvalue weighted by atomic mass is 32.1. The molecule has 0 amide bonds. The maximum absolute atomic E-state index is 13.4. The number of benzene rings is 2. The number of fused-ring (bicyclic) bond motifs is 3. The molecule has 0 saturated carbocycles. The third-order valence-electron chi connectivity index (χ3n) is 7.08. The highest BCUT2D eigenvalue weighted by molar-refractivity contribution is 7.08. The van der Waals surface area contributed by atoms with Crippen LogP contribution in [0.25, 0.3) is 0 Å². The van der Waals surface area contributed by atoms with E-state index < -0.39 is 6.04 Å². The summed E-state index contributed by atoms with van der Waals surface area (Å²) in [5, 5.41) is 7.23. The smallest absolute Gasteiger partial charge is 0.333 e. The molecule has 3 fully saturated rings. The molecule has 33 heavy (non-hydrogen) atoms. The minimum Gasteiger partial charge on any atom is -0.454 e. The molecule has 2 atom stereocenters. The summed E-state index contributed by atoms with van der Waals surface area (Å²) in [6.07, 6.45) is 1.84. The first-order valence-electron chi connectivity index (χ1n) is 11.6. The number of nitrogens with zero attached hydrogens (tertiary/aromatic N) is 1. The van der Waals surface area contributed by atoms with Gasteiger partial charge in [0.25, 0.3) is 0 Å². The largest absolute Gasteiger partial charge is 0.454 e. The Morgan fingerprint density at radius 3 is 2.36 bits per heavy atom. The van der Waals surface area contributed by atoms with Crippen molar-refractivity contribution in [1.82, 2.24) is 0 Å². The van der Waals surface area contributed by atoms with Gasteiger partial charge in [0.05, 0.1) is 13.1 Å². The number of hydrogen-bond acceptors (Lipinski definition) is 5. The van der Waals surface area contributed by atoms with Crippen LogP contribution in [0.1, 0.15) is 34.8 Å². The number of para-hydroxylation sites is 1. The Labute approximate surface area is 198 Å². The second-order valence-electron chi connectivity index (χ2n) is 9.23. The summed E-state index contributed by atoms with van der Waals surface area (Å²) in [7, 11) is 0. The molecule has 5 nitrogen and oxygen atoms in total. The second-order valence-corrected chi connectivity index (χ2v) is 10.0. The van der Waals surface area contributed by atoms with E-state index in [4.69, 9.17) is 4.74 Å². The molecule has 1 aromatic heterocycles. The van der Waals surface area contributed by atoms with Crippen LogP contribution in [0.3, 0.4) is 0 Å². The highest BCUT2D eigenvalue weighted by Crippen LogP contribution is 2.36. The van der Waals surface area contributed by atoms with Gasteiger partial charge in [-0.3, -0.25) is 4.79 Å². The summed E-state index contributed by atoms with van der Waals surface area (Å²) in [6, 6.07) is 20.8. The topological polar surface area (TPSA) is 55.4 Å². The molecule has 0 radical (unpaired) electrons. The Morgan fingerprint density at radius 2 is 1.70 bits per heavy atom. The van der Waals surface area contributed by atoms with Gasteiger partial charge >= 0.3 is 5.97 Å². The number of ether oxygens (including phenoxy) is 1. The van der Waals surface area contributed by atoms with E-state index in [1.807, 2.05) is 77.5 Å². The fourth-order valence-corrected chi connectivity index (χ4v) is 5.90. The number of piperidine rings is 3. The van der Waals surface area contributed by atoms with Gasteiger partial charge in [-0.25, -0.2) is 4.79 Å². The summed E-state index contributed by atoms with van der Waals surface area (Å²) >= 11 is 1.55. The zero-order chi connectivity index (χ0) is 22.7. The van der Waals surface area contributed by atoms with E-state index in [-0.39, 0.29) is 17.9 Å². The summed E-state index contributed by atoms with van der Waals surface area (Å²) in [5.74, 6) is 0.305. The van der Waals surface area contributed by atoms with Crippen molar-refractivity contribution in [1.29, 1.82) is 0 Å². The average molecular weight is 462 g/mol. The number of thiophene rings is 1. The van der Waals surface area contributed by atoms with Crippen LogP contribution in [0.4, 0.5) is 5.69 Å². The lowest BCUT2D eigenvalue weighted by Crippen LogP contribution is -2.65. The van der Waals surface area contributed by atoms with Crippen LogP contribution in [-0.4, -0.2) is 48.5 Å². The van der Waals surface area contributed by atoms with Gasteiger partial charge in [-0.15, -0.1) is 0 Å². The Bertz CT molecular complexity index is 1080. The van der Waals surface area contributed by atoms with Crippen molar-refractivity contribution < 1.29 is 18.8 Å². The number of rotatable bonds is 8. The number of nitrogens with one attached hydrogen (secondary N) is 1. The normalized spacial score (nSPS) is 24.7. The molecular formula is C27H29N2O3S+. The summed E-state index contributed by atoms with van der Waals surface area (Å²) < 4.78 is 6.91. The minimum atomic E-state index is -0.579. The molecule has 0 aliphatic carbocycles. The molecule has 2 bridgehead atoms. The SMILES string of the molecule is O=C(C[N+]12CCC(CC1)C(OC(=O)C(Nc1ccccc1)c1ccccc1)C2)c1ccsc1. The van der Waals surface area contributed by atoms with Gasteiger partial charge in [0.1, 0.15) is 13.1 Å². The zero-order valence-corrected chi connectivity index (χ0v) is 19.4. The molecule has 4 heterocycles. The summed E-state index contributed by atoms with van der Waals surface area (Å²) in [4.78, 5) is 26.3. The minimum absolute atomic E-state index is 0.154. The Kier molecular flexibility index (Phi) is 6.29. The first-order valence-corrected chi connectivity index (χ1v) is 12.5. The molecule has 2 unspecified atom stereocenters. The Morgan fingerprint density at radius 1 is 1.00 bits per heavy atom. The van der Waals surface area contributed by atoms with E-state index in [2.05, 4.69) is 5.32 Å². The van der Waals surface area contributed by atoms with Crippen LogP contribution in [0.2, 0.25) is 0 Å². The lowest BCUT2D eigenvalue weighted by molar-refractivity contribution is -0.938. The standard InChI is InChI=1S/C27H29N2O3S/c30-24(22-13-16-33-19-22)17-29-14-11-20(12-15-29)25(18-29)32-27(31)26(21-7-3-1-4-8-21)28-23-9-5-2-6-10-23/h1-10,13,16,19-20,25-26,28H,11-12,14-15,17-18H2/q+1. The highest BCUT2D eigenvalue weighted by Gasteiger charge is 2.49. The Balaban J connectivity index is 1.31. The number of ketones is 1. The van der Waals surface area contributed by atoms with Crippen molar-refractivity contribution in [2.24, 2.45) is 5.92 Å².